The number of amides is 1. The summed E-state index contributed by atoms with van der Waals surface area (Å²) in [6.45, 7) is 4.09. The number of hydrogen-bond acceptors (Lipinski definition) is 6. The van der Waals surface area contributed by atoms with E-state index in [1.54, 1.807) is 12.1 Å². The highest BCUT2D eigenvalue weighted by Crippen LogP contribution is 2.26. The summed E-state index contributed by atoms with van der Waals surface area (Å²) in [5.41, 5.74) is -0.809. The number of para-hydroxylation sites is 1. The molecule has 2 unspecified atom stereocenters. The second-order valence-electron chi connectivity index (χ2n) is 7.88. The van der Waals surface area contributed by atoms with E-state index in [1.165, 1.54) is 14.1 Å². The van der Waals surface area contributed by atoms with E-state index in [9.17, 15) is 19.5 Å². The van der Waals surface area contributed by atoms with E-state index >= 15 is 0 Å². The molecule has 1 N–H and O–H groups in total. The SMILES string of the molecule is CC1CCCC(C)N1C(=O)CSC(=Nc1ccccc1)c1c(O)n(C)c(=O)n(C)c1=O. The lowest BCUT2D eigenvalue weighted by Crippen LogP contribution is -2.48. The van der Waals surface area contributed by atoms with Crippen molar-refractivity contribution in [3.63, 3.8) is 0 Å². The molecule has 1 aliphatic rings. The summed E-state index contributed by atoms with van der Waals surface area (Å²) < 4.78 is 1.92. The van der Waals surface area contributed by atoms with Crippen LogP contribution in [0.15, 0.2) is 44.9 Å². The summed E-state index contributed by atoms with van der Waals surface area (Å²) in [7, 11) is 2.73. The lowest BCUT2D eigenvalue weighted by atomic mass is 9.98. The first-order valence-electron chi connectivity index (χ1n) is 10.3. The summed E-state index contributed by atoms with van der Waals surface area (Å²) in [6.07, 6.45) is 3.03. The van der Waals surface area contributed by atoms with Crippen LogP contribution in [-0.2, 0) is 18.9 Å². The molecule has 9 heteroatoms. The van der Waals surface area contributed by atoms with Crippen molar-refractivity contribution in [3.05, 3.63) is 56.7 Å². The molecule has 3 rings (SSSR count). The van der Waals surface area contributed by atoms with Crippen LogP contribution in [-0.4, -0.2) is 47.9 Å². The number of aromatic hydroxyl groups is 1. The van der Waals surface area contributed by atoms with Crippen molar-refractivity contribution in [3.8, 4) is 5.88 Å². The molecule has 1 aliphatic heterocycles. The highest BCUT2D eigenvalue weighted by atomic mass is 32.2. The average Bonchev–Trinajstić information content (AvgIpc) is 2.75. The maximum atomic E-state index is 13.0. The van der Waals surface area contributed by atoms with E-state index in [2.05, 4.69) is 4.99 Å². The molecule has 0 spiro atoms. The second kappa shape index (κ2) is 9.55. The fraction of sp³-hybridized carbons (Fsp3) is 0.455. The number of nitrogens with zero attached hydrogens (tertiary/aromatic N) is 4. The molecule has 2 aromatic rings. The zero-order chi connectivity index (χ0) is 22.7. The molecule has 31 heavy (non-hydrogen) atoms. The van der Waals surface area contributed by atoms with Crippen LogP contribution in [0.5, 0.6) is 5.88 Å². The fourth-order valence-corrected chi connectivity index (χ4v) is 4.82. The number of thioether (sulfide) groups is 1. The second-order valence-corrected chi connectivity index (χ2v) is 8.84. The molecule has 2 atom stereocenters. The Morgan fingerprint density at radius 2 is 1.71 bits per heavy atom. The normalized spacial score (nSPS) is 19.5. The van der Waals surface area contributed by atoms with Gasteiger partial charge in [-0.1, -0.05) is 30.0 Å². The molecule has 2 heterocycles. The van der Waals surface area contributed by atoms with Gasteiger partial charge in [-0.15, -0.1) is 0 Å². The molecule has 0 saturated carbocycles. The van der Waals surface area contributed by atoms with Crippen LogP contribution in [0.25, 0.3) is 0 Å². The number of carbonyl (C=O) groups excluding carboxylic acids is 1. The molecular formula is C22H28N4O4S. The maximum Gasteiger partial charge on any atom is 0.333 e. The van der Waals surface area contributed by atoms with Gasteiger partial charge >= 0.3 is 5.69 Å². The predicted molar refractivity (Wildman–Crippen MR) is 123 cm³/mol. The molecule has 166 valence electrons. The molecule has 1 saturated heterocycles. The minimum Gasteiger partial charge on any atom is -0.494 e. The Labute approximate surface area is 185 Å². The predicted octanol–water partition coefficient (Wildman–Crippen LogP) is 2.39. The van der Waals surface area contributed by atoms with Crippen LogP contribution in [0.4, 0.5) is 5.69 Å². The zero-order valence-electron chi connectivity index (χ0n) is 18.2. The first-order valence-corrected chi connectivity index (χ1v) is 11.3. The van der Waals surface area contributed by atoms with Crippen molar-refractivity contribution in [2.24, 2.45) is 19.1 Å². The highest BCUT2D eigenvalue weighted by molar-refractivity contribution is 8.15. The Balaban J connectivity index is 2.00. The number of carbonyl (C=O) groups is 1. The summed E-state index contributed by atoms with van der Waals surface area (Å²) in [5.74, 6) is -0.430. The van der Waals surface area contributed by atoms with E-state index in [0.29, 0.717) is 5.69 Å². The largest absolute Gasteiger partial charge is 0.494 e. The van der Waals surface area contributed by atoms with E-state index in [4.69, 9.17) is 0 Å². The third-order valence-corrected chi connectivity index (χ3v) is 6.61. The molecule has 8 nitrogen and oxygen atoms in total. The number of likely N-dealkylation sites (tertiary alicyclic amines) is 1. The minimum atomic E-state index is -0.657. The van der Waals surface area contributed by atoms with Gasteiger partial charge in [0, 0.05) is 26.2 Å². The van der Waals surface area contributed by atoms with Gasteiger partial charge in [0.1, 0.15) is 10.6 Å². The first-order chi connectivity index (χ1) is 14.7. The van der Waals surface area contributed by atoms with Crippen LogP contribution < -0.4 is 11.2 Å². The van der Waals surface area contributed by atoms with Crippen molar-refractivity contribution < 1.29 is 9.90 Å². The monoisotopic (exact) mass is 444 g/mol. The minimum absolute atomic E-state index is 0.0356. The lowest BCUT2D eigenvalue weighted by molar-refractivity contribution is -0.134. The number of benzene rings is 1. The van der Waals surface area contributed by atoms with Gasteiger partial charge in [-0.05, 0) is 45.2 Å². The van der Waals surface area contributed by atoms with Gasteiger partial charge in [0.2, 0.25) is 11.8 Å². The van der Waals surface area contributed by atoms with E-state index in [0.717, 1.165) is 40.2 Å². The van der Waals surface area contributed by atoms with Gasteiger partial charge in [-0.25, -0.2) is 9.79 Å². The quantitative estimate of drug-likeness (QED) is 0.577. The summed E-state index contributed by atoms with van der Waals surface area (Å²) in [6, 6.07) is 9.30. The fourth-order valence-electron chi connectivity index (χ4n) is 3.92. The Morgan fingerprint density at radius 3 is 2.32 bits per heavy atom. The molecule has 1 amide bonds. The van der Waals surface area contributed by atoms with Gasteiger partial charge in [0.25, 0.3) is 5.56 Å². The third-order valence-electron chi connectivity index (χ3n) is 5.65. The Bertz CT molecular complexity index is 1100. The molecule has 0 radical (unpaired) electrons. The standard InChI is InChI=1S/C22H28N4O4S/c1-14-9-8-10-15(2)26(14)17(27)13-31-19(23-16-11-6-5-7-12-16)18-20(28)24(3)22(30)25(4)21(18)29/h5-7,11-12,14-15,28H,8-10,13H2,1-4H3. The van der Waals surface area contributed by atoms with Crippen molar-refractivity contribution in [1.82, 2.24) is 14.0 Å². The lowest BCUT2D eigenvalue weighted by Gasteiger charge is -2.39. The maximum absolute atomic E-state index is 13.0. The van der Waals surface area contributed by atoms with Gasteiger partial charge in [-0.2, -0.15) is 0 Å². The van der Waals surface area contributed by atoms with Crippen LogP contribution >= 0.6 is 11.8 Å². The first kappa shape index (κ1) is 22.9. The molecule has 0 aliphatic carbocycles. The Morgan fingerprint density at radius 1 is 1.10 bits per heavy atom. The smallest absolute Gasteiger partial charge is 0.333 e. The van der Waals surface area contributed by atoms with Crippen LogP contribution in [0.2, 0.25) is 0 Å². The number of aliphatic imine (C=N–C) groups is 1. The van der Waals surface area contributed by atoms with Crippen LogP contribution in [0.3, 0.4) is 0 Å². The third kappa shape index (κ3) is 4.76. The molecule has 1 aromatic carbocycles. The Kier molecular flexibility index (Phi) is 7.04. The number of hydrogen-bond donors (Lipinski definition) is 1. The van der Waals surface area contributed by atoms with Crippen molar-refractivity contribution in [2.75, 3.05) is 5.75 Å². The van der Waals surface area contributed by atoms with Gasteiger partial charge in [0.05, 0.1) is 11.4 Å². The highest BCUT2D eigenvalue weighted by Gasteiger charge is 2.30. The summed E-state index contributed by atoms with van der Waals surface area (Å²) in [5, 5.41) is 10.8. The van der Waals surface area contributed by atoms with Crippen LogP contribution in [0, 0.1) is 0 Å². The molecular weight excluding hydrogens is 416 g/mol. The number of aromatic nitrogens is 2. The van der Waals surface area contributed by atoms with Gasteiger partial charge in [-0.3, -0.25) is 18.7 Å². The molecule has 1 aromatic heterocycles. The zero-order valence-corrected chi connectivity index (χ0v) is 19.1. The van der Waals surface area contributed by atoms with E-state index < -0.39 is 17.1 Å². The summed E-state index contributed by atoms with van der Waals surface area (Å²) >= 11 is 1.10. The van der Waals surface area contributed by atoms with Gasteiger partial charge in [0.15, 0.2) is 0 Å². The number of rotatable bonds is 4. The Hall–Kier alpha value is -2.81. The topological polar surface area (TPSA) is 96.9 Å². The van der Waals surface area contributed by atoms with Crippen molar-refractivity contribution >= 4 is 28.4 Å². The molecule has 0 bridgehead atoms. The number of piperidine rings is 1. The van der Waals surface area contributed by atoms with E-state index in [-0.39, 0.29) is 34.4 Å². The van der Waals surface area contributed by atoms with Crippen molar-refractivity contribution in [2.45, 2.75) is 45.2 Å². The van der Waals surface area contributed by atoms with Crippen molar-refractivity contribution in [1.29, 1.82) is 0 Å². The molecule has 1 fully saturated rings. The van der Waals surface area contributed by atoms with Crippen LogP contribution in [0.1, 0.15) is 38.7 Å². The summed E-state index contributed by atoms with van der Waals surface area (Å²) in [4.78, 5) is 44.4. The average molecular weight is 445 g/mol. The van der Waals surface area contributed by atoms with E-state index in [1.807, 2.05) is 36.9 Å². The van der Waals surface area contributed by atoms with Gasteiger partial charge < -0.3 is 10.0 Å².